The summed E-state index contributed by atoms with van der Waals surface area (Å²) in [6, 6.07) is 0. The van der Waals surface area contributed by atoms with Crippen molar-refractivity contribution in [2.24, 2.45) is 0 Å². The average molecular weight is 220 g/mol. The molecule has 5 heavy (non-hydrogen) atoms. The molecule has 0 bridgehead atoms. The SMILES string of the molecule is PCCSI. The molecule has 0 aliphatic rings. The molecule has 0 aromatic rings. The van der Waals surface area contributed by atoms with Gasteiger partial charge in [-0.25, -0.2) is 0 Å². The van der Waals surface area contributed by atoms with Crippen LogP contribution in [-0.2, 0) is 0 Å². The van der Waals surface area contributed by atoms with Gasteiger partial charge in [0.15, 0.2) is 0 Å². The van der Waals surface area contributed by atoms with Crippen LogP contribution in [0.15, 0.2) is 0 Å². The Morgan fingerprint density at radius 3 is 2.40 bits per heavy atom. The van der Waals surface area contributed by atoms with E-state index in [-0.39, 0.29) is 0 Å². The van der Waals surface area contributed by atoms with Gasteiger partial charge in [-0.05, 0) is 27.4 Å². The van der Waals surface area contributed by atoms with E-state index >= 15 is 0 Å². The van der Waals surface area contributed by atoms with Gasteiger partial charge in [0.25, 0.3) is 0 Å². The van der Waals surface area contributed by atoms with Crippen molar-refractivity contribution in [1.29, 1.82) is 0 Å². The van der Waals surface area contributed by atoms with Crippen LogP contribution in [0.3, 0.4) is 0 Å². The summed E-state index contributed by atoms with van der Waals surface area (Å²) in [5.74, 6) is 1.26. The minimum atomic E-state index is 1.22. The molecule has 0 heterocycles. The van der Waals surface area contributed by atoms with Crippen LogP contribution in [0, 0.1) is 0 Å². The van der Waals surface area contributed by atoms with Gasteiger partial charge in [-0.1, -0.05) is 8.93 Å². The van der Waals surface area contributed by atoms with E-state index in [1.165, 1.54) is 11.9 Å². The molecule has 0 aromatic heterocycles. The number of hydrogen-bond acceptors (Lipinski definition) is 1. The summed E-state index contributed by atoms with van der Waals surface area (Å²) < 4.78 is 0. The highest BCUT2D eigenvalue weighted by Gasteiger charge is 1.70. The molecule has 0 amide bonds. The van der Waals surface area contributed by atoms with Gasteiger partial charge in [0.05, 0.1) is 0 Å². The Kier molecular flexibility index (Phi) is 7.17. The van der Waals surface area contributed by atoms with Crippen LogP contribution < -0.4 is 0 Å². The summed E-state index contributed by atoms with van der Waals surface area (Å²) >= 11 is 2.29. The zero-order valence-corrected chi connectivity index (χ0v) is 6.91. The molecule has 0 radical (unpaired) electrons. The van der Waals surface area contributed by atoms with Crippen LogP contribution in [0.4, 0.5) is 0 Å². The first-order valence-electron chi connectivity index (χ1n) is 1.35. The van der Waals surface area contributed by atoms with Crippen molar-refractivity contribution in [2.75, 3.05) is 11.9 Å². The van der Waals surface area contributed by atoms with Crippen molar-refractivity contribution >= 4 is 39.4 Å². The summed E-state index contributed by atoms with van der Waals surface area (Å²) in [5.41, 5.74) is 0. The van der Waals surface area contributed by atoms with E-state index in [4.69, 9.17) is 0 Å². The first-order chi connectivity index (χ1) is 2.41. The highest BCUT2D eigenvalue weighted by Crippen LogP contribution is 2.09. The molecule has 0 spiro atoms. The second-order valence-corrected chi connectivity index (χ2v) is 3.67. The molecule has 0 rings (SSSR count). The smallest absolute Gasteiger partial charge is 0.00681 e. The van der Waals surface area contributed by atoms with Crippen LogP contribution in [0.25, 0.3) is 0 Å². The minimum absolute atomic E-state index is 1.22. The largest absolute Gasteiger partial charge is 0.137 e. The van der Waals surface area contributed by atoms with Crippen molar-refractivity contribution in [1.82, 2.24) is 0 Å². The number of rotatable bonds is 2. The van der Waals surface area contributed by atoms with Gasteiger partial charge in [-0.15, -0.1) is 9.24 Å². The molecule has 0 saturated carbocycles. The quantitative estimate of drug-likeness (QED) is 0.506. The summed E-state index contributed by atoms with van der Waals surface area (Å²) in [7, 11) is 4.52. The van der Waals surface area contributed by atoms with Crippen LogP contribution >= 0.6 is 39.4 Å². The fraction of sp³-hybridized carbons (Fsp3) is 1.00. The van der Waals surface area contributed by atoms with Gasteiger partial charge in [-0.2, -0.15) is 0 Å². The first kappa shape index (κ1) is 6.51. The summed E-state index contributed by atoms with van der Waals surface area (Å²) in [6.07, 6.45) is 1.22. The Morgan fingerprint density at radius 1 is 1.80 bits per heavy atom. The topological polar surface area (TPSA) is 0 Å². The highest BCUT2D eigenvalue weighted by molar-refractivity contribution is 14.2. The van der Waals surface area contributed by atoms with Crippen molar-refractivity contribution in [3.63, 3.8) is 0 Å². The third-order valence-electron chi connectivity index (χ3n) is 0.195. The van der Waals surface area contributed by atoms with Crippen molar-refractivity contribution < 1.29 is 0 Å². The predicted octanol–water partition coefficient (Wildman–Crippen LogP) is 1.94. The predicted molar refractivity (Wildman–Crippen MR) is 41.1 cm³/mol. The van der Waals surface area contributed by atoms with Crippen LogP contribution in [-0.4, -0.2) is 11.9 Å². The third-order valence-corrected chi connectivity index (χ3v) is 2.61. The van der Waals surface area contributed by atoms with Gasteiger partial charge in [-0.3, -0.25) is 0 Å². The molecule has 0 aliphatic heterocycles. The molecule has 0 aromatic carbocycles. The van der Waals surface area contributed by atoms with Gasteiger partial charge in [0, 0.05) is 5.75 Å². The molecule has 1 unspecified atom stereocenters. The molecule has 0 nitrogen and oxygen atoms in total. The molecule has 0 aliphatic carbocycles. The molecule has 0 N–H and O–H groups in total. The average Bonchev–Trinajstić information content (AvgIpc) is 1.41. The lowest BCUT2D eigenvalue weighted by molar-refractivity contribution is 1.58. The third kappa shape index (κ3) is 5.51. The van der Waals surface area contributed by atoms with Crippen LogP contribution in [0.1, 0.15) is 0 Å². The van der Waals surface area contributed by atoms with E-state index in [0.717, 1.165) is 0 Å². The molecular formula is C2H6IPS. The Morgan fingerprint density at radius 2 is 2.40 bits per heavy atom. The van der Waals surface area contributed by atoms with Crippen LogP contribution in [0.5, 0.6) is 0 Å². The van der Waals surface area contributed by atoms with Crippen molar-refractivity contribution in [2.45, 2.75) is 0 Å². The van der Waals surface area contributed by atoms with Gasteiger partial charge < -0.3 is 0 Å². The molecule has 3 heteroatoms. The standard InChI is InChI=1S/C2H6IPS/c3-5-2-1-4/h1-2,4H2. The highest BCUT2D eigenvalue weighted by atomic mass is 127. The maximum absolute atomic E-state index is 2.67. The van der Waals surface area contributed by atoms with E-state index in [1.54, 1.807) is 0 Å². The maximum atomic E-state index is 2.67. The van der Waals surface area contributed by atoms with E-state index < -0.39 is 0 Å². The summed E-state index contributed by atoms with van der Waals surface area (Å²) in [6.45, 7) is 0. The normalized spacial score (nSPS) is 8.40. The molecule has 1 atom stereocenters. The second kappa shape index (κ2) is 5.51. The maximum Gasteiger partial charge on any atom is 0.00681 e. The lowest BCUT2D eigenvalue weighted by Crippen LogP contribution is -1.66. The number of halogens is 1. The molecule has 32 valence electrons. The Hall–Kier alpha value is 1.51. The lowest BCUT2D eigenvalue weighted by Gasteiger charge is -1.77. The summed E-state index contributed by atoms with van der Waals surface area (Å²) in [5, 5.41) is 0. The van der Waals surface area contributed by atoms with E-state index in [9.17, 15) is 0 Å². The van der Waals surface area contributed by atoms with Crippen molar-refractivity contribution in [3.8, 4) is 0 Å². The minimum Gasteiger partial charge on any atom is -0.137 e. The number of hydrogen-bond donors (Lipinski definition) is 0. The molecular weight excluding hydrogens is 214 g/mol. The van der Waals surface area contributed by atoms with Gasteiger partial charge in [0.1, 0.15) is 0 Å². The lowest BCUT2D eigenvalue weighted by atomic mass is 11.0. The van der Waals surface area contributed by atoms with E-state index in [2.05, 4.69) is 30.4 Å². The zero-order chi connectivity index (χ0) is 4.12. The van der Waals surface area contributed by atoms with Gasteiger partial charge >= 0.3 is 0 Å². The Bertz CT molecular complexity index is 17.1. The van der Waals surface area contributed by atoms with Gasteiger partial charge in [0.2, 0.25) is 0 Å². The zero-order valence-electron chi connectivity index (χ0n) is 2.78. The summed E-state index contributed by atoms with van der Waals surface area (Å²) in [4.78, 5) is 0. The first-order valence-corrected chi connectivity index (χ1v) is 5.70. The molecule has 0 saturated heterocycles. The van der Waals surface area contributed by atoms with E-state index in [0.29, 0.717) is 0 Å². The second-order valence-electron chi connectivity index (χ2n) is 0.602. The van der Waals surface area contributed by atoms with Crippen molar-refractivity contribution in [3.05, 3.63) is 0 Å². The Labute approximate surface area is 51.3 Å². The molecule has 0 fully saturated rings. The van der Waals surface area contributed by atoms with E-state index in [1.807, 2.05) is 8.93 Å². The monoisotopic (exact) mass is 220 g/mol. The van der Waals surface area contributed by atoms with Crippen LogP contribution in [0.2, 0.25) is 0 Å². The fourth-order valence-electron chi connectivity index (χ4n) is 0.0445. The Balaban J connectivity index is 2.19. The fourth-order valence-corrected chi connectivity index (χ4v) is 2.69.